The maximum atomic E-state index is 16.1. The molecule has 0 unspecified atom stereocenters. The Morgan fingerprint density at radius 2 is 1.79 bits per heavy atom. The Labute approximate surface area is 254 Å². The largest absolute Gasteiger partial charge is 0.480 e. The summed E-state index contributed by atoms with van der Waals surface area (Å²) in [6, 6.07) is 9.03. The number of fused-ring (bicyclic) bond motifs is 1. The van der Waals surface area contributed by atoms with Gasteiger partial charge in [-0.15, -0.1) is 0 Å². The van der Waals surface area contributed by atoms with Gasteiger partial charge in [0.2, 0.25) is 11.8 Å². The highest BCUT2D eigenvalue weighted by atomic mass is 35.5. The molecule has 5 rings (SSSR count). The number of sulfonamides is 1. The van der Waals surface area contributed by atoms with Gasteiger partial charge in [0.1, 0.15) is 10.7 Å². The molecule has 43 heavy (non-hydrogen) atoms. The highest BCUT2D eigenvalue weighted by Gasteiger charge is 2.26. The minimum absolute atomic E-state index is 0.00893. The van der Waals surface area contributed by atoms with E-state index >= 15 is 8.78 Å². The molecule has 9 nitrogen and oxygen atoms in total. The predicted octanol–water partition coefficient (Wildman–Crippen LogP) is 6.28. The molecule has 0 bridgehead atoms. The van der Waals surface area contributed by atoms with Crippen molar-refractivity contribution >= 4 is 44.3 Å². The number of hydrogen-bond donors (Lipinski definition) is 2. The lowest BCUT2D eigenvalue weighted by Crippen LogP contribution is -2.36. The van der Waals surface area contributed by atoms with Crippen LogP contribution in [0.2, 0.25) is 5.02 Å². The van der Waals surface area contributed by atoms with Crippen LogP contribution < -0.4 is 14.8 Å². The first kappa shape index (κ1) is 30.8. The van der Waals surface area contributed by atoms with E-state index < -0.39 is 27.5 Å². The van der Waals surface area contributed by atoms with E-state index in [1.54, 1.807) is 12.3 Å². The van der Waals surface area contributed by atoms with Crippen LogP contribution in [-0.4, -0.2) is 61.6 Å². The fourth-order valence-corrected chi connectivity index (χ4v) is 7.00. The van der Waals surface area contributed by atoms with Crippen molar-refractivity contribution in [3.63, 3.8) is 0 Å². The summed E-state index contributed by atoms with van der Waals surface area (Å²) in [6.07, 6.45) is 6.05. The first-order valence-electron chi connectivity index (χ1n) is 14.0. The van der Waals surface area contributed by atoms with E-state index in [1.807, 2.05) is 6.92 Å². The fourth-order valence-electron chi connectivity index (χ4n) is 5.47. The number of anilines is 2. The summed E-state index contributed by atoms with van der Waals surface area (Å²) in [6.45, 7) is 1.81. The lowest BCUT2D eigenvalue weighted by Gasteiger charge is -2.33. The minimum Gasteiger partial charge on any atom is -0.480 e. The van der Waals surface area contributed by atoms with Crippen LogP contribution in [0.15, 0.2) is 47.5 Å². The number of ether oxygens (including phenoxy) is 1. The van der Waals surface area contributed by atoms with Crippen molar-refractivity contribution in [1.29, 1.82) is 0 Å². The Morgan fingerprint density at radius 3 is 2.44 bits per heavy atom. The molecule has 2 aromatic carbocycles. The maximum absolute atomic E-state index is 16.1. The highest BCUT2D eigenvalue weighted by molar-refractivity contribution is 7.92. The predicted molar refractivity (Wildman–Crippen MR) is 164 cm³/mol. The van der Waals surface area contributed by atoms with Gasteiger partial charge in [0, 0.05) is 40.4 Å². The highest BCUT2D eigenvalue weighted by Crippen LogP contribution is 2.38. The number of aromatic nitrogens is 3. The van der Waals surface area contributed by atoms with Crippen LogP contribution in [0.4, 0.5) is 20.5 Å². The average molecular weight is 631 g/mol. The van der Waals surface area contributed by atoms with Crippen molar-refractivity contribution in [3.8, 4) is 17.0 Å². The quantitative estimate of drug-likeness (QED) is 0.222. The second-order valence-corrected chi connectivity index (χ2v) is 12.8. The number of pyridine rings is 1. The van der Waals surface area contributed by atoms with Crippen molar-refractivity contribution in [2.24, 2.45) is 0 Å². The summed E-state index contributed by atoms with van der Waals surface area (Å²) in [4.78, 5) is 15.2. The second-order valence-electron chi connectivity index (χ2n) is 10.7. The van der Waals surface area contributed by atoms with Gasteiger partial charge in [0.05, 0.1) is 17.6 Å². The van der Waals surface area contributed by atoms with E-state index in [-0.39, 0.29) is 33.0 Å². The molecular formula is C30H33ClF2N6O3S. The summed E-state index contributed by atoms with van der Waals surface area (Å²) >= 11 is 6.03. The van der Waals surface area contributed by atoms with Crippen LogP contribution in [0.25, 0.3) is 22.0 Å². The van der Waals surface area contributed by atoms with E-state index in [9.17, 15) is 8.42 Å². The van der Waals surface area contributed by atoms with Gasteiger partial charge >= 0.3 is 0 Å². The number of aryl methyl sites for hydroxylation is 1. The van der Waals surface area contributed by atoms with Gasteiger partial charge in [0.15, 0.2) is 11.6 Å². The third-order valence-electron chi connectivity index (χ3n) is 7.80. The fraction of sp³-hybridized carbons (Fsp3) is 0.367. The number of nitrogens with zero attached hydrogens (tertiary/aromatic N) is 4. The van der Waals surface area contributed by atoms with Gasteiger partial charge in [-0.1, -0.05) is 30.7 Å². The molecule has 2 aromatic heterocycles. The van der Waals surface area contributed by atoms with Gasteiger partial charge in [-0.05, 0) is 70.5 Å². The van der Waals surface area contributed by atoms with Gasteiger partial charge in [-0.25, -0.2) is 27.2 Å². The first-order valence-corrected chi connectivity index (χ1v) is 15.8. The summed E-state index contributed by atoms with van der Waals surface area (Å²) in [5.41, 5.74) is 0.828. The van der Waals surface area contributed by atoms with Gasteiger partial charge in [-0.3, -0.25) is 4.72 Å². The Hall–Kier alpha value is -3.61. The van der Waals surface area contributed by atoms with E-state index in [0.29, 0.717) is 34.9 Å². The van der Waals surface area contributed by atoms with E-state index in [0.717, 1.165) is 31.7 Å². The van der Waals surface area contributed by atoms with Crippen LogP contribution in [-0.2, 0) is 16.4 Å². The van der Waals surface area contributed by atoms with Gasteiger partial charge < -0.3 is 15.0 Å². The molecule has 2 heterocycles. The van der Waals surface area contributed by atoms with E-state index in [1.165, 1.54) is 31.4 Å². The third-order valence-corrected chi connectivity index (χ3v) is 9.64. The number of methoxy groups -OCH3 is 1. The van der Waals surface area contributed by atoms with Crippen molar-refractivity contribution in [3.05, 3.63) is 64.8 Å². The summed E-state index contributed by atoms with van der Waals surface area (Å²) in [7, 11) is 1.19. The van der Waals surface area contributed by atoms with E-state index in [2.05, 4.69) is 44.0 Å². The Balaban J connectivity index is 1.48. The van der Waals surface area contributed by atoms with E-state index in [4.69, 9.17) is 16.3 Å². The van der Waals surface area contributed by atoms with Crippen LogP contribution in [0.1, 0.15) is 38.2 Å². The molecule has 228 valence electrons. The first-order chi connectivity index (χ1) is 20.5. The molecule has 0 radical (unpaired) electrons. The number of benzene rings is 2. The lowest BCUT2D eigenvalue weighted by molar-refractivity contribution is 0.221. The zero-order valence-corrected chi connectivity index (χ0v) is 25.9. The number of hydrogen-bond acceptors (Lipinski definition) is 8. The number of rotatable bonds is 9. The summed E-state index contributed by atoms with van der Waals surface area (Å²) < 4.78 is 64.6. The number of halogens is 3. The van der Waals surface area contributed by atoms with Crippen LogP contribution in [0.5, 0.6) is 5.88 Å². The number of nitrogens with one attached hydrogen (secondary N) is 2. The van der Waals surface area contributed by atoms with Crippen molar-refractivity contribution in [2.75, 3.05) is 31.2 Å². The van der Waals surface area contributed by atoms with Crippen LogP contribution >= 0.6 is 11.6 Å². The Morgan fingerprint density at radius 1 is 1.07 bits per heavy atom. The molecule has 1 aliphatic rings. The molecule has 0 atom stereocenters. The molecular weight excluding hydrogens is 598 g/mol. The monoisotopic (exact) mass is 630 g/mol. The molecule has 13 heteroatoms. The van der Waals surface area contributed by atoms with Gasteiger partial charge in [-0.2, -0.15) is 4.98 Å². The topological polar surface area (TPSA) is 109 Å². The van der Waals surface area contributed by atoms with Crippen molar-refractivity contribution < 1.29 is 21.9 Å². The molecule has 0 aliphatic heterocycles. The second kappa shape index (κ2) is 12.6. The normalized spacial score (nSPS) is 17.3. The SMILES string of the molecule is CCc1c(F)c(-c2cc(F)c(NS(=O)(=O)c3ccccc3Cl)nc2OC)cc2cnc(NC3CCC(N(C)C)CC3)nc12. The van der Waals surface area contributed by atoms with Crippen LogP contribution in [0, 0.1) is 11.6 Å². The summed E-state index contributed by atoms with van der Waals surface area (Å²) in [5, 5.41) is 3.92. The van der Waals surface area contributed by atoms with Gasteiger partial charge in [0.25, 0.3) is 10.0 Å². The lowest BCUT2D eigenvalue weighted by atomic mass is 9.90. The molecule has 0 amide bonds. The Bertz CT molecular complexity index is 1770. The molecule has 2 N–H and O–H groups in total. The Kier molecular flexibility index (Phi) is 9.00. The average Bonchev–Trinajstić information content (AvgIpc) is 2.98. The molecule has 1 aliphatic carbocycles. The molecule has 0 saturated heterocycles. The molecule has 4 aromatic rings. The standard InChI is InChI=1S/C30H33ClF2N6O3S/c1-5-20-26(33)21(14-17-16-34-30(36-27(17)20)35-18-10-12-19(13-11-18)39(2)3)22-15-24(32)28(37-29(22)42-4)38-43(40,41)25-9-7-6-8-23(25)31/h6-9,14-16,18-19H,5,10-13H2,1-4H3,(H,37,38)(H,34,35,36). The maximum Gasteiger partial charge on any atom is 0.264 e. The third kappa shape index (κ3) is 6.36. The zero-order chi connectivity index (χ0) is 30.9. The van der Waals surface area contributed by atoms with Crippen molar-refractivity contribution in [2.45, 2.75) is 56.0 Å². The molecule has 0 spiro atoms. The minimum atomic E-state index is -4.28. The molecule has 1 saturated carbocycles. The molecule has 1 fully saturated rings. The van der Waals surface area contributed by atoms with Crippen molar-refractivity contribution in [1.82, 2.24) is 19.9 Å². The zero-order valence-electron chi connectivity index (χ0n) is 24.3. The summed E-state index contributed by atoms with van der Waals surface area (Å²) in [5.74, 6) is -1.98. The smallest absolute Gasteiger partial charge is 0.264 e. The van der Waals surface area contributed by atoms with Crippen LogP contribution in [0.3, 0.4) is 0 Å².